The van der Waals surface area contributed by atoms with E-state index in [0.29, 0.717) is 10.6 Å². The smallest absolute Gasteiger partial charge is 0.273 e. The van der Waals surface area contributed by atoms with Crippen molar-refractivity contribution in [2.45, 2.75) is 25.0 Å². The van der Waals surface area contributed by atoms with Gasteiger partial charge in [-0.15, -0.1) is 5.10 Å². The second-order valence-electron chi connectivity index (χ2n) is 5.84. The van der Waals surface area contributed by atoms with Gasteiger partial charge in [0.2, 0.25) is 0 Å². The Morgan fingerprint density at radius 1 is 1.38 bits per heavy atom. The summed E-state index contributed by atoms with van der Waals surface area (Å²) in [6.45, 7) is 1.99. The van der Waals surface area contributed by atoms with Crippen molar-refractivity contribution >= 4 is 17.5 Å². The molecular formula is C16H20ClN5O2. The molecule has 2 heterocycles. The van der Waals surface area contributed by atoms with Crippen LogP contribution in [0.4, 0.5) is 0 Å². The first-order valence-corrected chi connectivity index (χ1v) is 8.35. The van der Waals surface area contributed by atoms with Gasteiger partial charge in [0.25, 0.3) is 5.91 Å². The number of nitrogens with one attached hydrogen (secondary N) is 2. The van der Waals surface area contributed by atoms with Gasteiger partial charge in [0.1, 0.15) is 0 Å². The summed E-state index contributed by atoms with van der Waals surface area (Å²) in [5, 5.41) is 24.7. The molecule has 0 saturated carbocycles. The number of hydrogen-bond donors (Lipinski definition) is 3. The van der Waals surface area contributed by atoms with Crippen LogP contribution in [0.1, 0.15) is 41.0 Å². The van der Waals surface area contributed by atoms with Gasteiger partial charge in [-0.25, -0.2) is 4.68 Å². The lowest BCUT2D eigenvalue weighted by Crippen LogP contribution is -2.30. The zero-order chi connectivity index (χ0) is 16.9. The summed E-state index contributed by atoms with van der Waals surface area (Å²) in [6.07, 6.45) is 2.81. The predicted octanol–water partition coefficient (Wildman–Crippen LogP) is 1.32. The van der Waals surface area contributed by atoms with E-state index < -0.39 is 6.10 Å². The first-order valence-electron chi connectivity index (χ1n) is 7.98. The Labute approximate surface area is 145 Å². The molecule has 0 spiro atoms. The van der Waals surface area contributed by atoms with Crippen LogP contribution in [0, 0.1) is 0 Å². The van der Waals surface area contributed by atoms with Crippen LogP contribution in [-0.2, 0) is 0 Å². The maximum atomic E-state index is 12.2. The minimum absolute atomic E-state index is 0.0979. The summed E-state index contributed by atoms with van der Waals surface area (Å²) in [7, 11) is 0. The molecule has 8 heteroatoms. The van der Waals surface area contributed by atoms with Crippen LogP contribution in [0.5, 0.6) is 0 Å². The summed E-state index contributed by atoms with van der Waals surface area (Å²) in [5.41, 5.74) is 0.954. The molecule has 7 nitrogen and oxygen atoms in total. The van der Waals surface area contributed by atoms with Crippen LogP contribution < -0.4 is 10.6 Å². The molecule has 3 N–H and O–H groups in total. The van der Waals surface area contributed by atoms with Crippen molar-refractivity contribution in [1.29, 1.82) is 0 Å². The van der Waals surface area contributed by atoms with Gasteiger partial charge in [-0.2, -0.15) is 0 Å². The van der Waals surface area contributed by atoms with E-state index in [1.54, 1.807) is 35.1 Å². The first kappa shape index (κ1) is 16.9. The number of halogens is 1. The number of carbonyl (C=O) groups excluding carboxylic acids is 1. The molecule has 1 unspecified atom stereocenters. The third-order valence-corrected chi connectivity index (χ3v) is 4.39. The highest BCUT2D eigenvalue weighted by atomic mass is 35.5. The number of amides is 1. The molecule has 1 amide bonds. The Hall–Kier alpha value is -1.96. The van der Waals surface area contributed by atoms with Gasteiger partial charge < -0.3 is 15.7 Å². The highest BCUT2D eigenvalue weighted by Crippen LogP contribution is 2.18. The molecule has 1 aliphatic rings. The summed E-state index contributed by atoms with van der Waals surface area (Å²) in [5.74, 6) is -0.344. The van der Waals surface area contributed by atoms with E-state index >= 15 is 0 Å². The fourth-order valence-electron chi connectivity index (χ4n) is 2.71. The normalized spacial score (nSPS) is 16.8. The van der Waals surface area contributed by atoms with Crippen molar-refractivity contribution in [2.75, 3.05) is 19.6 Å². The lowest BCUT2D eigenvalue weighted by molar-refractivity contribution is 0.0911. The van der Waals surface area contributed by atoms with E-state index in [-0.39, 0.29) is 24.2 Å². The lowest BCUT2D eigenvalue weighted by Gasteiger charge is -2.22. The van der Waals surface area contributed by atoms with E-state index in [4.69, 9.17) is 11.6 Å². The topological polar surface area (TPSA) is 92.1 Å². The fourth-order valence-corrected chi connectivity index (χ4v) is 2.84. The number of aliphatic hydroxyl groups is 1. The summed E-state index contributed by atoms with van der Waals surface area (Å²) in [4.78, 5) is 12.2. The minimum atomic E-state index is -0.800. The Morgan fingerprint density at radius 3 is 2.79 bits per heavy atom. The number of benzene rings is 1. The SMILES string of the molecule is O=C(NCC(O)c1ccc(Cl)cc1)c1cn(C2CCNCC2)nn1. The van der Waals surface area contributed by atoms with Crippen molar-refractivity contribution in [2.24, 2.45) is 0 Å². The zero-order valence-corrected chi connectivity index (χ0v) is 13.9. The lowest BCUT2D eigenvalue weighted by atomic mass is 10.1. The summed E-state index contributed by atoms with van der Waals surface area (Å²) in [6, 6.07) is 7.14. The third-order valence-electron chi connectivity index (χ3n) is 4.14. The van der Waals surface area contributed by atoms with Crippen LogP contribution in [0.15, 0.2) is 30.5 Å². The highest BCUT2D eigenvalue weighted by molar-refractivity contribution is 6.30. The Balaban J connectivity index is 1.55. The van der Waals surface area contributed by atoms with Crippen molar-refractivity contribution in [1.82, 2.24) is 25.6 Å². The Kier molecular flexibility index (Phi) is 5.44. The van der Waals surface area contributed by atoms with Crippen molar-refractivity contribution in [3.63, 3.8) is 0 Å². The number of carbonyl (C=O) groups is 1. The van der Waals surface area contributed by atoms with Crippen molar-refractivity contribution in [3.8, 4) is 0 Å². The van der Waals surface area contributed by atoms with Gasteiger partial charge in [0.05, 0.1) is 18.3 Å². The average molecular weight is 350 g/mol. The monoisotopic (exact) mass is 349 g/mol. The van der Waals surface area contributed by atoms with Crippen LogP contribution in [0.2, 0.25) is 5.02 Å². The molecule has 3 rings (SSSR count). The molecule has 1 fully saturated rings. The van der Waals surface area contributed by atoms with Gasteiger partial charge >= 0.3 is 0 Å². The van der Waals surface area contributed by atoms with Crippen LogP contribution in [-0.4, -0.2) is 45.6 Å². The molecule has 1 aromatic heterocycles. The fraction of sp³-hybridized carbons (Fsp3) is 0.438. The molecule has 1 saturated heterocycles. The average Bonchev–Trinajstić information content (AvgIpc) is 3.11. The molecule has 1 aliphatic heterocycles. The molecule has 0 radical (unpaired) electrons. The van der Waals surface area contributed by atoms with Gasteiger partial charge in [-0.3, -0.25) is 4.79 Å². The second-order valence-corrected chi connectivity index (χ2v) is 6.28. The van der Waals surface area contributed by atoms with Crippen LogP contribution in [0.25, 0.3) is 0 Å². The number of rotatable bonds is 5. The number of aliphatic hydroxyl groups excluding tert-OH is 1. The molecule has 128 valence electrons. The standard InChI is InChI=1S/C16H20ClN5O2/c17-12-3-1-11(2-4-12)15(23)9-19-16(24)14-10-22(21-20-14)13-5-7-18-8-6-13/h1-4,10,13,15,18,23H,5-9H2,(H,19,24). The van der Waals surface area contributed by atoms with Gasteiger partial charge in [-0.1, -0.05) is 28.9 Å². The Morgan fingerprint density at radius 2 is 2.08 bits per heavy atom. The molecule has 0 aliphatic carbocycles. The van der Waals surface area contributed by atoms with E-state index in [1.165, 1.54) is 0 Å². The molecule has 1 atom stereocenters. The predicted molar refractivity (Wildman–Crippen MR) is 89.9 cm³/mol. The number of nitrogens with zero attached hydrogens (tertiary/aromatic N) is 3. The van der Waals surface area contributed by atoms with Gasteiger partial charge in [-0.05, 0) is 43.6 Å². The molecule has 24 heavy (non-hydrogen) atoms. The van der Waals surface area contributed by atoms with E-state index in [9.17, 15) is 9.90 Å². The second kappa shape index (κ2) is 7.74. The summed E-state index contributed by atoms with van der Waals surface area (Å²) >= 11 is 5.82. The molecular weight excluding hydrogens is 330 g/mol. The number of piperidine rings is 1. The quantitative estimate of drug-likeness (QED) is 0.757. The molecule has 2 aromatic rings. The highest BCUT2D eigenvalue weighted by Gasteiger charge is 2.19. The molecule has 1 aromatic carbocycles. The van der Waals surface area contributed by atoms with Crippen LogP contribution >= 0.6 is 11.6 Å². The van der Waals surface area contributed by atoms with Crippen molar-refractivity contribution < 1.29 is 9.90 Å². The maximum absolute atomic E-state index is 12.2. The zero-order valence-electron chi connectivity index (χ0n) is 13.2. The maximum Gasteiger partial charge on any atom is 0.273 e. The number of aromatic nitrogens is 3. The van der Waals surface area contributed by atoms with Gasteiger partial charge in [0.15, 0.2) is 5.69 Å². The summed E-state index contributed by atoms with van der Waals surface area (Å²) < 4.78 is 1.76. The Bertz CT molecular complexity index is 682. The van der Waals surface area contributed by atoms with E-state index in [1.807, 2.05) is 0 Å². The largest absolute Gasteiger partial charge is 0.387 e. The number of hydrogen-bond acceptors (Lipinski definition) is 5. The van der Waals surface area contributed by atoms with E-state index in [2.05, 4.69) is 20.9 Å². The molecule has 0 bridgehead atoms. The third kappa shape index (κ3) is 4.11. The first-order chi connectivity index (χ1) is 11.6. The van der Waals surface area contributed by atoms with Crippen LogP contribution in [0.3, 0.4) is 0 Å². The van der Waals surface area contributed by atoms with Crippen molar-refractivity contribution in [3.05, 3.63) is 46.7 Å². The van der Waals surface area contributed by atoms with Gasteiger partial charge in [0, 0.05) is 11.6 Å². The van der Waals surface area contributed by atoms with E-state index in [0.717, 1.165) is 25.9 Å². The minimum Gasteiger partial charge on any atom is -0.387 e.